The number of nitrogens with one attached hydrogen (secondary N) is 1. The molecule has 2 rings (SSSR count). The number of rotatable bonds is 4. The number of benzene rings is 1. The van der Waals surface area contributed by atoms with Crippen molar-refractivity contribution in [2.75, 3.05) is 51.0 Å². The Kier molecular flexibility index (Phi) is 5.66. The predicted molar refractivity (Wildman–Crippen MR) is 90.0 cm³/mol. The molecule has 24 heavy (non-hydrogen) atoms. The summed E-state index contributed by atoms with van der Waals surface area (Å²) in [5.41, 5.74) is 0.970. The Morgan fingerprint density at radius 2 is 1.79 bits per heavy atom. The molecule has 0 atom stereocenters. The Hall–Kier alpha value is -2.29. The Balaban J connectivity index is 1.88. The van der Waals surface area contributed by atoms with Gasteiger partial charge >= 0.3 is 5.24 Å². The molecule has 1 N–H and O–H groups in total. The van der Waals surface area contributed by atoms with Gasteiger partial charge in [0.05, 0.1) is 19.3 Å². The van der Waals surface area contributed by atoms with Gasteiger partial charge in [-0.1, -0.05) is 12.1 Å². The van der Waals surface area contributed by atoms with Gasteiger partial charge < -0.3 is 19.9 Å². The summed E-state index contributed by atoms with van der Waals surface area (Å²) in [7, 11) is -2.21. The average molecular weight is 355 g/mol. The van der Waals surface area contributed by atoms with Crippen LogP contribution < -0.4 is 15.0 Å². The number of hydrogen-bond acceptors (Lipinski definition) is 6. The molecule has 0 aliphatic carbocycles. The van der Waals surface area contributed by atoms with Crippen LogP contribution in [0, 0.1) is 0 Å². The molecule has 9 heteroatoms. The number of piperazine rings is 1. The normalized spacial score (nSPS) is 15.1. The first-order valence-corrected chi connectivity index (χ1v) is 9.35. The van der Waals surface area contributed by atoms with Crippen LogP contribution in [0.4, 0.5) is 10.5 Å². The molecule has 2 amide bonds. The van der Waals surface area contributed by atoms with Crippen LogP contribution in [0.15, 0.2) is 24.3 Å². The second-order valence-corrected chi connectivity index (χ2v) is 7.37. The third-order valence-electron chi connectivity index (χ3n) is 3.78. The van der Waals surface area contributed by atoms with Crippen LogP contribution in [0.5, 0.6) is 5.75 Å². The van der Waals surface area contributed by atoms with Crippen LogP contribution in [-0.4, -0.2) is 70.6 Å². The summed E-state index contributed by atoms with van der Waals surface area (Å²) >= 11 is 0. The molecule has 0 spiro atoms. The molecule has 0 unspecified atom stereocenters. The highest BCUT2D eigenvalue weighted by Gasteiger charge is 2.24. The zero-order chi connectivity index (χ0) is 17.7. The molecule has 1 aliphatic rings. The van der Waals surface area contributed by atoms with Gasteiger partial charge in [0.1, 0.15) is 5.75 Å². The standard InChI is InChI=1S/C15H21N3O5S/c1-23-13-6-4-3-5-12(13)17-7-9-18(10-8-17)14(19)11-16-15(20)24(2,21)22/h3-6H,7-11H2,1-2H3,(H,16,20). The minimum Gasteiger partial charge on any atom is -0.495 e. The van der Waals surface area contributed by atoms with E-state index in [1.54, 1.807) is 12.0 Å². The second kappa shape index (κ2) is 7.52. The molecule has 1 aromatic rings. The number of para-hydroxylation sites is 2. The van der Waals surface area contributed by atoms with Gasteiger partial charge in [0.2, 0.25) is 15.7 Å². The third-order valence-corrected chi connectivity index (χ3v) is 4.60. The molecule has 0 bridgehead atoms. The predicted octanol–water partition coefficient (Wildman–Crippen LogP) is 0.0980. The van der Waals surface area contributed by atoms with Crippen molar-refractivity contribution in [1.82, 2.24) is 10.2 Å². The molecule has 0 aromatic heterocycles. The number of carbonyl (C=O) groups excluding carboxylic acids is 2. The second-order valence-electron chi connectivity index (χ2n) is 5.45. The van der Waals surface area contributed by atoms with Crippen molar-refractivity contribution in [3.8, 4) is 5.75 Å². The van der Waals surface area contributed by atoms with E-state index < -0.39 is 15.1 Å². The summed E-state index contributed by atoms with van der Waals surface area (Å²) in [6.07, 6.45) is 0.804. The summed E-state index contributed by atoms with van der Waals surface area (Å²) in [6, 6.07) is 7.67. The Bertz CT molecular complexity index is 712. The molecule has 1 heterocycles. The lowest BCUT2D eigenvalue weighted by Gasteiger charge is -2.36. The average Bonchev–Trinajstić information content (AvgIpc) is 2.58. The first kappa shape index (κ1) is 18.1. The summed E-state index contributed by atoms with van der Waals surface area (Å²) < 4.78 is 27.4. The number of hydrogen-bond donors (Lipinski definition) is 1. The van der Waals surface area contributed by atoms with E-state index in [1.165, 1.54) is 0 Å². The smallest absolute Gasteiger partial charge is 0.336 e. The fourth-order valence-electron chi connectivity index (χ4n) is 2.48. The summed E-state index contributed by atoms with van der Waals surface area (Å²) in [5.74, 6) is 0.476. The summed E-state index contributed by atoms with van der Waals surface area (Å²) in [6.45, 7) is 1.93. The quantitative estimate of drug-likeness (QED) is 0.823. The van der Waals surface area contributed by atoms with Crippen molar-refractivity contribution in [2.45, 2.75) is 0 Å². The summed E-state index contributed by atoms with van der Waals surface area (Å²) in [4.78, 5) is 27.1. The maximum atomic E-state index is 12.1. The molecule has 132 valence electrons. The zero-order valence-corrected chi connectivity index (χ0v) is 14.5. The van der Waals surface area contributed by atoms with Crippen molar-refractivity contribution < 1.29 is 22.7 Å². The molecular formula is C15H21N3O5S. The van der Waals surface area contributed by atoms with Crippen molar-refractivity contribution in [2.24, 2.45) is 0 Å². The van der Waals surface area contributed by atoms with Gasteiger partial charge in [-0.2, -0.15) is 0 Å². The highest BCUT2D eigenvalue weighted by molar-refractivity contribution is 8.05. The largest absolute Gasteiger partial charge is 0.495 e. The molecular weight excluding hydrogens is 334 g/mol. The SMILES string of the molecule is COc1ccccc1N1CCN(C(=O)CNC(=O)S(C)(=O)=O)CC1. The van der Waals surface area contributed by atoms with Crippen molar-refractivity contribution in [1.29, 1.82) is 0 Å². The number of methoxy groups -OCH3 is 1. The van der Waals surface area contributed by atoms with E-state index in [4.69, 9.17) is 4.74 Å². The maximum Gasteiger partial charge on any atom is 0.336 e. The van der Waals surface area contributed by atoms with Crippen LogP contribution in [0.1, 0.15) is 0 Å². The van der Waals surface area contributed by atoms with Gasteiger partial charge in [0.25, 0.3) is 0 Å². The third kappa shape index (κ3) is 4.38. The molecule has 1 saturated heterocycles. The molecule has 0 radical (unpaired) electrons. The summed E-state index contributed by atoms with van der Waals surface area (Å²) in [5, 5.41) is 0.993. The van der Waals surface area contributed by atoms with Crippen LogP contribution >= 0.6 is 0 Å². The highest BCUT2D eigenvalue weighted by atomic mass is 32.2. The Labute approximate surface area is 141 Å². The van der Waals surface area contributed by atoms with E-state index >= 15 is 0 Å². The van der Waals surface area contributed by atoms with E-state index in [0.29, 0.717) is 26.2 Å². The molecule has 1 aromatic carbocycles. The fraction of sp³-hybridized carbons (Fsp3) is 0.467. The van der Waals surface area contributed by atoms with Crippen molar-refractivity contribution in [3.63, 3.8) is 0 Å². The molecule has 1 fully saturated rings. The topological polar surface area (TPSA) is 96.0 Å². The van der Waals surface area contributed by atoms with Crippen molar-refractivity contribution in [3.05, 3.63) is 24.3 Å². The number of sulfone groups is 1. The van der Waals surface area contributed by atoms with Gasteiger partial charge in [-0.05, 0) is 12.1 Å². The zero-order valence-electron chi connectivity index (χ0n) is 13.7. The lowest BCUT2D eigenvalue weighted by molar-refractivity contribution is -0.130. The van der Waals surface area contributed by atoms with E-state index in [9.17, 15) is 18.0 Å². The van der Waals surface area contributed by atoms with Gasteiger partial charge in [0, 0.05) is 32.4 Å². The Morgan fingerprint density at radius 3 is 2.38 bits per heavy atom. The lowest BCUT2D eigenvalue weighted by atomic mass is 10.2. The minimum absolute atomic E-state index is 0.299. The van der Waals surface area contributed by atoms with Gasteiger partial charge in [-0.15, -0.1) is 0 Å². The number of amides is 2. The van der Waals surface area contributed by atoms with Crippen molar-refractivity contribution >= 4 is 26.7 Å². The molecule has 1 aliphatic heterocycles. The number of anilines is 1. The first-order valence-electron chi connectivity index (χ1n) is 7.46. The van der Waals surface area contributed by atoms with Gasteiger partial charge in [-0.3, -0.25) is 9.59 Å². The van der Waals surface area contributed by atoms with E-state index in [1.807, 2.05) is 24.3 Å². The van der Waals surface area contributed by atoms with E-state index in [0.717, 1.165) is 17.7 Å². The fourth-order valence-corrected chi connectivity index (χ4v) is 2.81. The van der Waals surface area contributed by atoms with Gasteiger partial charge in [-0.25, -0.2) is 8.42 Å². The molecule has 0 saturated carbocycles. The molecule has 8 nitrogen and oxygen atoms in total. The number of nitrogens with zero attached hydrogens (tertiary/aromatic N) is 2. The van der Waals surface area contributed by atoms with Crippen LogP contribution in [0.25, 0.3) is 0 Å². The maximum absolute atomic E-state index is 12.1. The van der Waals surface area contributed by atoms with E-state index in [-0.39, 0.29) is 12.5 Å². The highest BCUT2D eigenvalue weighted by Crippen LogP contribution is 2.28. The lowest BCUT2D eigenvalue weighted by Crippen LogP contribution is -2.51. The number of carbonyl (C=O) groups is 2. The van der Waals surface area contributed by atoms with Crippen LogP contribution in [0.3, 0.4) is 0 Å². The number of ether oxygens (including phenoxy) is 1. The first-order chi connectivity index (χ1) is 11.3. The minimum atomic E-state index is -3.82. The van der Waals surface area contributed by atoms with Crippen LogP contribution in [-0.2, 0) is 14.6 Å². The monoisotopic (exact) mass is 355 g/mol. The van der Waals surface area contributed by atoms with E-state index in [2.05, 4.69) is 10.2 Å². The Morgan fingerprint density at radius 1 is 1.17 bits per heavy atom. The van der Waals surface area contributed by atoms with Gasteiger partial charge in [0.15, 0.2) is 0 Å². The van der Waals surface area contributed by atoms with Crippen LogP contribution in [0.2, 0.25) is 0 Å².